The van der Waals surface area contributed by atoms with Crippen LogP contribution in [0.25, 0.3) is 0 Å². The number of aromatic nitrogens is 2. The zero-order valence-corrected chi connectivity index (χ0v) is 12.8. The van der Waals surface area contributed by atoms with Gasteiger partial charge in [0.25, 0.3) is 0 Å². The Morgan fingerprint density at radius 3 is 2.86 bits per heavy atom. The lowest BCUT2D eigenvalue weighted by atomic mass is 9.98. The second-order valence-electron chi connectivity index (χ2n) is 6.53. The minimum Gasteiger partial charge on any atom is -0.458 e. The first-order chi connectivity index (χ1) is 10.8. The van der Waals surface area contributed by atoms with Crippen LogP contribution in [0, 0.1) is 0 Å². The summed E-state index contributed by atoms with van der Waals surface area (Å²) in [6.45, 7) is 4.57. The number of hydrogen-bond donors (Lipinski definition) is 0. The van der Waals surface area contributed by atoms with Gasteiger partial charge in [0.15, 0.2) is 0 Å². The van der Waals surface area contributed by atoms with Gasteiger partial charge in [-0.2, -0.15) is 0 Å². The summed E-state index contributed by atoms with van der Waals surface area (Å²) < 4.78 is 17.5. The van der Waals surface area contributed by atoms with Crippen LogP contribution in [-0.4, -0.2) is 65.5 Å². The van der Waals surface area contributed by atoms with Crippen LogP contribution in [0.4, 0.5) is 0 Å². The molecule has 2 atom stereocenters. The van der Waals surface area contributed by atoms with Crippen LogP contribution in [0.15, 0.2) is 18.5 Å². The van der Waals surface area contributed by atoms with Crippen molar-refractivity contribution in [3.05, 3.63) is 18.5 Å². The van der Waals surface area contributed by atoms with Crippen molar-refractivity contribution in [2.75, 3.05) is 32.9 Å². The van der Waals surface area contributed by atoms with Gasteiger partial charge in [0, 0.05) is 51.2 Å². The van der Waals surface area contributed by atoms with E-state index in [2.05, 4.69) is 14.9 Å². The molecule has 1 spiro atoms. The fraction of sp³-hybridized carbons (Fsp3) is 0.750. The molecule has 3 aliphatic rings. The third kappa shape index (κ3) is 2.95. The van der Waals surface area contributed by atoms with Gasteiger partial charge in [0.05, 0.1) is 12.2 Å². The van der Waals surface area contributed by atoms with E-state index in [0.29, 0.717) is 18.7 Å². The van der Waals surface area contributed by atoms with E-state index in [4.69, 9.17) is 14.2 Å². The third-order valence-electron chi connectivity index (χ3n) is 5.04. The fourth-order valence-electron chi connectivity index (χ4n) is 3.90. The van der Waals surface area contributed by atoms with Crippen molar-refractivity contribution in [1.29, 1.82) is 0 Å². The third-order valence-corrected chi connectivity index (χ3v) is 5.04. The summed E-state index contributed by atoms with van der Waals surface area (Å²) in [7, 11) is 0. The molecule has 4 rings (SSSR count). The molecule has 120 valence electrons. The van der Waals surface area contributed by atoms with Gasteiger partial charge < -0.3 is 14.2 Å². The Morgan fingerprint density at radius 1 is 1.23 bits per heavy atom. The van der Waals surface area contributed by atoms with Crippen LogP contribution in [0.5, 0.6) is 6.01 Å². The molecule has 3 aliphatic heterocycles. The molecule has 1 aromatic heterocycles. The Hall–Kier alpha value is -1.24. The zero-order chi connectivity index (χ0) is 14.8. The Bertz CT molecular complexity index is 495. The quantitative estimate of drug-likeness (QED) is 0.838. The van der Waals surface area contributed by atoms with Crippen molar-refractivity contribution in [1.82, 2.24) is 14.9 Å². The molecule has 0 bridgehead atoms. The molecule has 6 nitrogen and oxygen atoms in total. The highest BCUT2D eigenvalue weighted by Crippen LogP contribution is 2.37. The van der Waals surface area contributed by atoms with Crippen LogP contribution in [0.2, 0.25) is 0 Å². The van der Waals surface area contributed by atoms with Crippen molar-refractivity contribution in [3.8, 4) is 6.01 Å². The Kier molecular flexibility index (Phi) is 3.98. The summed E-state index contributed by atoms with van der Waals surface area (Å²) in [6.07, 6.45) is 7.80. The number of likely N-dealkylation sites (tertiary alicyclic amines) is 1. The highest BCUT2D eigenvalue weighted by Gasteiger charge is 2.47. The molecule has 0 radical (unpaired) electrons. The highest BCUT2D eigenvalue weighted by atomic mass is 16.6. The average molecular weight is 305 g/mol. The SMILES string of the molecule is c1cnc(O[C@H]2CO[C@]3(CCN(C4CCOCC4)C3)C2)nc1. The molecule has 6 heteroatoms. The van der Waals surface area contributed by atoms with Gasteiger partial charge in [0.1, 0.15) is 6.10 Å². The summed E-state index contributed by atoms with van der Waals surface area (Å²) in [4.78, 5) is 10.9. The van der Waals surface area contributed by atoms with Gasteiger partial charge in [-0.3, -0.25) is 4.90 Å². The van der Waals surface area contributed by atoms with Gasteiger partial charge >= 0.3 is 6.01 Å². The molecule has 0 saturated carbocycles. The first kappa shape index (κ1) is 14.4. The molecule has 0 unspecified atom stereocenters. The van der Waals surface area contributed by atoms with Crippen molar-refractivity contribution in [3.63, 3.8) is 0 Å². The first-order valence-electron chi connectivity index (χ1n) is 8.22. The van der Waals surface area contributed by atoms with Crippen molar-refractivity contribution >= 4 is 0 Å². The van der Waals surface area contributed by atoms with E-state index in [1.165, 1.54) is 0 Å². The minimum atomic E-state index is -0.0300. The molecule has 4 heterocycles. The summed E-state index contributed by atoms with van der Waals surface area (Å²) in [6, 6.07) is 2.91. The minimum absolute atomic E-state index is 0.0300. The second-order valence-corrected chi connectivity index (χ2v) is 6.53. The van der Waals surface area contributed by atoms with Crippen LogP contribution in [0.3, 0.4) is 0 Å². The molecule has 22 heavy (non-hydrogen) atoms. The van der Waals surface area contributed by atoms with Gasteiger partial charge in [-0.15, -0.1) is 0 Å². The maximum Gasteiger partial charge on any atom is 0.316 e. The number of ether oxygens (including phenoxy) is 3. The molecular weight excluding hydrogens is 282 g/mol. The smallest absolute Gasteiger partial charge is 0.316 e. The average Bonchev–Trinajstić information content (AvgIpc) is 3.17. The standard InChI is InChI=1S/C16H23N3O3/c1-5-17-15(18-6-1)22-14-10-16(21-11-14)4-7-19(12-16)13-2-8-20-9-3-13/h1,5-6,13-14H,2-4,7-12H2/t14-,16-/m1/s1. The van der Waals surface area contributed by atoms with E-state index in [1.807, 2.05) is 0 Å². The molecule has 0 amide bonds. The summed E-state index contributed by atoms with van der Waals surface area (Å²) in [5.74, 6) is 0. The van der Waals surface area contributed by atoms with Crippen LogP contribution >= 0.6 is 0 Å². The Morgan fingerprint density at radius 2 is 2.05 bits per heavy atom. The predicted octanol–water partition coefficient (Wildman–Crippen LogP) is 1.27. The molecule has 0 aliphatic carbocycles. The molecule has 1 aromatic rings. The first-order valence-corrected chi connectivity index (χ1v) is 8.22. The van der Waals surface area contributed by atoms with Crippen LogP contribution in [0.1, 0.15) is 25.7 Å². The van der Waals surface area contributed by atoms with E-state index in [9.17, 15) is 0 Å². The lowest BCUT2D eigenvalue weighted by Crippen LogP contribution is -2.41. The Balaban J connectivity index is 1.34. The van der Waals surface area contributed by atoms with Gasteiger partial charge in [0.2, 0.25) is 0 Å². The lowest BCUT2D eigenvalue weighted by Gasteiger charge is -2.32. The van der Waals surface area contributed by atoms with E-state index in [0.717, 1.165) is 52.0 Å². The fourth-order valence-corrected chi connectivity index (χ4v) is 3.90. The van der Waals surface area contributed by atoms with E-state index in [-0.39, 0.29) is 11.7 Å². The number of rotatable bonds is 3. The van der Waals surface area contributed by atoms with Gasteiger partial charge in [-0.25, -0.2) is 9.97 Å². The van der Waals surface area contributed by atoms with Crippen molar-refractivity contribution < 1.29 is 14.2 Å². The number of nitrogens with zero attached hydrogens (tertiary/aromatic N) is 3. The molecule has 3 saturated heterocycles. The van der Waals surface area contributed by atoms with E-state index in [1.54, 1.807) is 18.5 Å². The molecule has 3 fully saturated rings. The molecular formula is C16H23N3O3. The van der Waals surface area contributed by atoms with E-state index >= 15 is 0 Å². The van der Waals surface area contributed by atoms with Crippen LogP contribution in [-0.2, 0) is 9.47 Å². The zero-order valence-electron chi connectivity index (χ0n) is 12.8. The van der Waals surface area contributed by atoms with Gasteiger partial charge in [-0.1, -0.05) is 0 Å². The van der Waals surface area contributed by atoms with Gasteiger partial charge in [-0.05, 0) is 25.3 Å². The summed E-state index contributed by atoms with van der Waals surface area (Å²) >= 11 is 0. The normalized spacial score (nSPS) is 33.5. The van der Waals surface area contributed by atoms with Crippen molar-refractivity contribution in [2.45, 2.75) is 43.4 Å². The predicted molar refractivity (Wildman–Crippen MR) is 79.8 cm³/mol. The van der Waals surface area contributed by atoms with E-state index < -0.39 is 0 Å². The van der Waals surface area contributed by atoms with Crippen molar-refractivity contribution in [2.24, 2.45) is 0 Å². The topological polar surface area (TPSA) is 56.7 Å². The summed E-state index contributed by atoms with van der Waals surface area (Å²) in [5.41, 5.74) is -0.0300. The maximum absolute atomic E-state index is 6.15. The number of hydrogen-bond acceptors (Lipinski definition) is 6. The molecule has 0 N–H and O–H groups in total. The Labute approximate surface area is 130 Å². The lowest BCUT2D eigenvalue weighted by molar-refractivity contribution is -0.00468. The monoisotopic (exact) mass is 305 g/mol. The highest BCUT2D eigenvalue weighted by molar-refractivity contribution is 5.02. The largest absolute Gasteiger partial charge is 0.458 e. The molecule has 0 aromatic carbocycles. The van der Waals surface area contributed by atoms with Crippen LogP contribution < -0.4 is 4.74 Å². The maximum atomic E-state index is 6.15. The second kappa shape index (κ2) is 6.10. The summed E-state index contributed by atoms with van der Waals surface area (Å²) in [5, 5.41) is 0.